The first-order valence-electron chi connectivity index (χ1n) is 5.17. The normalized spacial score (nSPS) is 22.6. The van der Waals surface area contributed by atoms with Gasteiger partial charge in [-0.3, -0.25) is 4.79 Å². The SMILES string of the molecule is CC(C(=O)O)=C(C)C(=O)N1CCCC1C. The van der Waals surface area contributed by atoms with Gasteiger partial charge in [0.15, 0.2) is 0 Å². The Kier molecular flexibility index (Phi) is 3.50. The number of carboxylic acid groups (broad SMARTS) is 1. The third kappa shape index (κ3) is 2.37. The Labute approximate surface area is 89.6 Å². The minimum Gasteiger partial charge on any atom is -0.478 e. The third-order valence-electron chi connectivity index (χ3n) is 3.02. The molecule has 1 fully saturated rings. The van der Waals surface area contributed by atoms with Crippen molar-refractivity contribution < 1.29 is 14.7 Å². The molecule has 15 heavy (non-hydrogen) atoms. The van der Waals surface area contributed by atoms with Gasteiger partial charge in [-0.25, -0.2) is 4.79 Å². The van der Waals surface area contributed by atoms with Gasteiger partial charge in [-0.1, -0.05) is 0 Å². The maximum Gasteiger partial charge on any atom is 0.331 e. The van der Waals surface area contributed by atoms with Crippen molar-refractivity contribution in [1.29, 1.82) is 0 Å². The predicted octanol–water partition coefficient (Wildman–Crippen LogP) is 1.42. The van der Waals surface area contributed by atoms with Gasteiger partial charge in [0.2, 0.25) is 5.91 Å². The highest BCUT2D eigenvalue weighted by Crippen LogP contribution is 2.20. The minimum absolute atomic E-state index is 0.138. The van der Waals surface area contributed by atoms with Gasteiger partial charge in [0.25, 0.3) is 0 Å². The number of carbonyl (C=O) groups is 2. The summed E-state index contributed by atoms with van der Waals surface area (Å²) in [4.78, 5) is 24.4. The lowest BCUT2D eigenvalue weighted by molar-refractivity contribution is -0.134. The summed E-state index contributed by atoms with van der Waals surface area (Å²) >= 11 is 0. The van der Waals surface area contributed by atoms with E-state index in [1.807, 2.05) is 6.92 Å². The Morgan fingerprint density at radius 3 is 2.27 bits per heavy atom. The van der Waals surface area contributed by atoms with Crippen LogP contribution >= 0.6 is 0 Å². The second kappa shape index (κ2) is 4.47. The molecule has 1 N–H and O–H groups in total. The van der Waals surface area contributed by atoms with Gasteiger partial charge in [-0.15, -0.1) is 0 Å². The number of rotatable bonds is 2. The van der Waals surface area contributed by atoms with Crippen molar-refractivity contribution in [1.82, 2.24) is 4.90 Å². The van der Waals surface area contributed by atoms with E-state index >= 15 is 0 Å². The summed E-state index contributed by atoms with van der Waals surface area (Å²) in [5.74, 6) is -1.16. The van der Waals surface area contributed by atoms with Crippen LogP contribution in [0.1, 0.15) is 33.6 Å². The Bertz CT molecular complexity index is 320. The first-order chi connectivity index (χ1) is 6.95. The molecule has 4 heteroatoms. The van der Waals surface area contributed by atoms with Crippen molar-refractivity contribution >= 4 is 11.9 Å². The molecule has 1 unspecified atom stereocenters. The largest absolute Gasteiger partial charge is 0.478 e. The monoisotopic (exact) mass is 211 g/mol. The summed E-state index contributed by atoms with van der Waals surface area (Å²) in [7, 11) is 0. The molecular formula is C11H17NO3. The van der Waals surface area contributed by atoms with Gasteiger partial charge in [0.05, 0.1) is 0 Å². The maximum absolute atomic E-state index is 11.9. The van der Waals surface area contributed by atoms with Crippen LogP contribution in [0.2, 0.25) is 0 Å². The zero-order valence-electron chi connectivity index (χ0n) is 9.41. The van der Waals surface area contributed by atoms with Crippen molar-refractivity contribution in [3.8, 4) is 0 Å². The van der Waals surface area contributed by atoms with Crippen molar-refractivity contribution in [2.24, 2.45) is 0 Å². The Morgan fingerprint density at radius 1 is 1.27 bits per heavy atom. The molecule has 0 aliphatic carbocycles. The summed E-state index contributed by atoms with van der Waals surface area (Å²) < 4.78 is 0. The lowest BCUT2D eigenvalue weighted by Gasteiger charge is -2.22. The highest BCUT2D eigenvalue weighted by atomic mass is 16.4. The fraction of sp³-hybridized carbons (Fsp3) is 0.636. The first-order valence-corrected chi connectivity index (χ1v) is 5.17. The molecule has 1 aliphatic heterocycles. The van der Waals surface area contributed by atoms with Gasteiger partial charge in [-0.2, -0.15) is 0 Å². The molecule has 1 saturated heterocycles. The number of hydrogen-bond acceptors (Lipinski definition) is 2. The summed E-state index contributed by atoms with van der Waals surface area (Å²) in [5.41, 5.74) is 0.482. The van der Waals surface area contributed by atoms with Crippen molar-refractivity contribution in [3.05, 3.63) is 11.1 Å². The fourth-order valence-corrected chi connectivity index (χ4v) is 1.77. The number of hydrogen-bond donors (Lipinski definition) is 1. The van der Waals surface area contributed by atoms with Gasteiger partial charge < -0.3 is 10.0 Å². The second-order valence-electron chi connectivity index (χ2n) is 4.04. The lowest BCUT2D eigenvalue weighted by Crippen LogP contribution is -2.34. The van der Waals surface area contributed by atoms with E-state index < -0.39 is 5.97 Å². The average Bonchev–Trinajstić information content (AvgIpc) is 2.60. The Balaban J connectivity index is 2.85. The summed E-state index contributed by atoms with van der Waals surface area (Å²) in [6.45, 7) is 5.78. The van der Waals surface area contributed by atoms with Crippen LogP contribution in [0, 0.1) is 0 Å². The van der Waals surface area contributed by atoms with Crippen LogP contribution in [0.25, 0.3) is 0 Å². The maximum atomic E-state index is 11.9. The summed E-state index contributed by atoms with van der Waals surface area (Å²) in [5, 5.41) is 8.78. The van der Waals surface area contributed by atoms with Gasteiger partial charge in [0, 0.05) is 23.7 Å². The molecule has 1 rings (SSSR count). The van der Waals surface area contributed by atoms with E-state index in [0.29, 0.717) is 5.57 Å². The Hall–Kier alpha value is -1.32. The molecule has 0 aromatic heterocycles. The predicted molar refractivity (Wildman–Crippen MR) is 56.4 cm³/mol. The van der Waals surface area contributed by atoms with E-state index in [-0.39, 0.29) is 17.5 Å². The van der Waals surface area contributed by atoms with Crippen LogP contribution in [0.3, 0.4) is 0 Å². The van der Waals surface area contributed by atoms with Gasteiger partial charge >= 0.3 is 5.97 Å². The fourth-order valence-electron chi connectivity index (χ4n) is 1.77. The number of carboxylic acids is 1. The molecule has 0 aromatic carbocycles. The summed E-state index contributed by atoms with van der Waals surface area (Å²) in [6, 6.07) is 0.231. The highest BCUT2D eigenvalue weighted by molar-refractivity contribution is 6.01. The standard InChI is InChI=1S/C11H17NO3/c1-7-5-4-6-12(7)10(13)8(2)9(3)11(14)15/h7H,4-6H2,1-3H3,(H,14,15). The van der Waals surface area contributed by atoms with E-state index in [0.717, 1.165) is 19.4 Å². The quantitative estimate of drug-likeness (QED) is 0.703. The molecule has 84 valence electrons. The van der Waals surface area contributed by atoms with Gasteiger partial charge in [-0.05, 0) is 33.6 Å². The van der Waals surface area contributed by atoms with Crippen LogP contribution < -0.4 is 0 Å². The molecule has 0 spiro atoms. The highest BCUT2D eigenvalue weighted by Gasteiger charge is 2.27. The zero-order chi connectivity index (χ0) is 11.6. The Morgan fingerprint density at radius 2 is 1.87 bits per heavy atom. The average molecular weight is 211 g/mol. The van der Waals surface area contributed by atoms with Crippen LogP contribution in [0.5, 0.6) is 0 Å². The first kappa shape index (κ1) is 11.8. The number of carbonyl (C=O) groups excluding carboxylic acids is 1. The molecular weight excluding hydrogens is 194 g/mol. The van der Waals surface area contributed by atoms with Crippen molar-refractivity contribution in [3.63, 3.8) is 0 Å². The molecule has 1 heterocycles. The molecule has 1 aliphatic rings. The molecule has 0 bridgehead atoms. The minimum atomic E-state index is -1.02. The molecule has 1 amide bonds. The number of nitrogens with zero attached hydrogens (tertiary/aromatic N) is 1. The number of amides is 1. The van der Waals surface area contributed by atoms with E-state index in [4.69, 9.17) is 5.11 Å². The summed E-state index contributed by atoms with van der Waals surface area (Å²) in [6.07, 6.45) is 2.01. The van der Waals surface area contributed by atoms with E-state index in [2.05, 4.69) is 0 Å². The van der Waals surface area contributed by atoms with E-state index in [9.17, 15) is 9.59 Å². The molecule has 4 nitrogen and oxygen atoms in total. The molecule has 0 radical (unpaired) electrons. The van der Waals surface area contributed by atoms with Crippen molar-refractivity contribution in [2.45, 2.75) is 39.7 Å². The van der Waals surface area contributed by atoms with E-state index in [1.165, 1.54) is 6.92 Å². The number of aliphatic carboxylic acids is 1. The molecule has 0 aromatic rings. The van der Waals surface area contributed by atoms with Crippen molar-refractivity contribution in [2.75, 3.05) is 6.54 Å². The topological polar surface area (TPSA) is 57.6 Å². The van der Waals surface area contributed by atoms with Crippen LogP contribution in [0.4, 0.5) is 0 Å². The zero-order valence-corrected chi connectivity index (χ0v) is 9.41. The van der Waals surface area contributed by atoms with Crippen LogP contribution in [-0.2, 0) is 9.59 Å². The van der Waals surface area contributed by atoms with Gasteiger partial charge in [0.1, 0.15) is 0 Å². The lowest BCUT2D eigenvalue weighted by atomic mass is 10.1. The van der Waals surface area contributed by atoms with E-state index in [1.54, 1.807) is 11.8 Å². The van der Waals surface area contributed by atoms with Crippen LogP contribution in [0.15, 0.2) is 11.1 Å². The smallest absolute Gasteiger partial charge is 0.331 e. The molecule has 0 saturated carbocycles. The molecule has 1 atom stereocenters. The second-order valence-corrected chi connectivity index (χ2v) is 4.04. The third-order valence-corrected chi connectivity index (χ3v) is 3.02. The van der Waals surface area contributed by atoms with Crippen LogP contribution in [-0.4, -0.2) is 34.5 Å². The number of likely N-dealkylation sites (tertiary alicyclic amines) is 1.